The summed E-state index contributed by atoms with van der Waals surface area (Å²) in [4.78, 5) is 13.4. The SMILES string of the molecule is N#CC1(NC(=O)C[NH+]2CCN(S(=O)(=O)/C=C/c3ccccc3)CC2)CCCC1. The zero-order valence-corrected chi connectivity index (χ0v) is 16.7. The van der Waals surface area contributed by atoms with Crippen molar-refractivity contribution < 1.29 is 18.1 Å². The van der Waals surface area contributed by atoms with Crippen molar-refractivity contribution in [1.82, 2.24) is 9.62 Å². The van der Waals surface area contributed by atoms with Gasteiger partial charge in [-0.15, -0.1) is 0 Å². The fraction of sp³-hybridized carbons (Fsp3) is 0.500. The predicted octanol–water partition coefficient (Wildman–Crippen LogP) is 0.140. The van der Waals surface area contributed by atoms with Crippen LogP contribution in [-0.4, -0.2) is 56.9 Å². The lowest BCUT2D eigenvalue weighted by molar-refractivity contribution is -0.895. The fourth-order valence-corrected chi connectivity index (χ4v) is 5.02. The highest BCUT2D eigenvalue weighted by molar-refractivity contribution is 7.92. The largest absolute Gasteiger partial charge is 0.333 e. The second-order valence-corrected chi connectivity index (χ2v) is 9.35. The van der Waals surface area contributed by atoms with Crippen LogP contribution >= 0.6 is 0 Å². The van der Waals surface area contributed by atoms with E-state index >= 15 is 0 Å². The van der Waals surface area contributed by atoms with Crippen molar-refractivity contribution in [2.75, 3.05) is 32.7 Å². The lowest BCUT2D eigenvalue weighted by Crippen LogP contribution is -3.16. The summed E-state index contributed by atoms with van der Waals surface area (Å²) in [6, 6.07) is 11.6. The standard InChI is InChI=1S/C20H26N4O3S/c21-17-20(9-4-5-10-20)22-19(25)16-23-11-13-24(14-12-23)28(26,27)15-8-18-6-2-1-3-7-18/h1-3,6-8,15H,4-5,9-14,16H2,(H,22,25)/p+1/b15-8+. The molecule has 1 aliphatic heterocycles. The molecule has 0 unspecified atom stereocenters. The van der Waals surface area contributed by atoms with Gasteiger partial charge in [-0.25, -0.2) is 8.42 Å². The highest BCUT2D eigenvalue weighted by Gasteiger charge is 2.36. The number of quaternary nitrogens is 1. The zero-order valence-electron chi connectivity index (χ0n) is 15.9. The molecule has 0 radical (unpaired) electrons. The van der Waals surface area contributed by atoms with Crippen LogP contribution in [-0.2, 0) is 14.8 Å². The summed E-state index contributed by atoms with van der Waals surface area (Å²) in [5.41, 5.74) is 0.134. The summed E-state index contributed by atoms with van der Waals surface area (Å²) in [6.07, 6.45) is 4.96. The normalized spacial score (nSPS) is 20.8. The molecule has 1 aliphatic carbocycles. The molecule has 0 atom stereocenters. The van der Waals surface area contributed by atoms with Crippen LogP contribution in [0.4, 0.5) is 0 Å². The van der Waals surface area contributed by atoms with E-state index in [0.717, 1.165) is 23.3 Å². The second-order valence-electron chi connectivity index (χ2n) is 7.53. The molecule has 28 heavy (non-hydrogen) atoms. The molecule has 2 N–H and O–H groups in total. The third kappa shape index (κ3) is 5.19. The lowest BCUT2D eigenvalue weighted by Gasteiger charge is -2.31. The molecule has 1 saturated carbocycles. The molecule has 0 spiro atoms. The number of carbonyl (C=O) groups is 1. The second kappa shape index (κ2) is 8.86. The van der Waals surface area contributed by atoms with Crippen molar-refractivity contribution in [3.63, 3.8) is 0 Å². The molecule has 2 fully saturated rings. The third-order valence-electron chi connectivity index (χ3n) is 5.48. The van der Waals surface area contributed by atoms with Crippen LogP contribution in [0.25, 0.3) is 6.08 Å². The van der Waals surface area contributed by atoms with E-state index in [1.165, 1.54) is 9.71 Å². The first-order valence-corrected chi connectivity index (χ1v) is 11.2. The van der Waals surface area contributed by atoms with Gasteiger partial charge >= 0.3 is 0 Å². The Morgan fingerprint density at radius 3 is 2.46 bits per heavy atom. The summed E-state index contributed by atoms with van der Waals surface area (Å²) >= 11 is 0. The van der Waals surface area contributed by atoms with Crippen molar-refractivity contribution in [2.24, 2.45) is 0 Å². The molecule has 1 saturated heterocycles. The van der Waals surface area contributed by atoms with Crippen molar-refractivity contribution in [1.29, 1.82) is 5.26 Å². The van der Waals surface area contributed by atoms with Gasteiger partial charge < -0.3 is 10.2 Å². The number of nitrogens with one attached hydrogen (secondary N) is 2. The van der Waals surface area contributed by atoms with Crippen LogP contribution in [0.5, 0.6) is 0 Å². The van der Waals surface area contributed by atoms with Crippen LogP contribution in [0.3, 0.4) is 0 Å². The molecular weight excluding hydrogens is 376 g/mol. The molecule has 7 nitrogen and oxygen atoms in total. The van der Waals surface area contributed by atoms with Gasteiger partial charge in [0.15, 0.2) is 6.54 Å². The monoisotopic (exact) mass is 403 g/mol. The van der Waals surface area contributed by atoms with Gasteiger partial charge in [-0.2, -0.15) is 9.57 Å². The van der Waals surface area contributed by atoms with E-state index in [1.54, 1.807) is 6.08 Å². The minimum Gasteiger partial charge on any atom is -0.333 e. The fourth-order valence-electron chi connectivity index (χ4n) is 3.83. The number of amides is 1. The van der Waals surface area contributed by atoms with Crippen LogP contribution in [0.2, 0.25) is 0 Å². The number of rotatable bonds is 6. The average Bonchev–Trinajstić information content (AvgIpc) is 3.16. The van der Waals surface area contributed by atoms with Gasteiger partial charge in [0.2, 0.25) is 10.0 Å². The molecule has 0 bridgehead atoms. The maximum atomic E-state index is 12.5. The van der Waals surface area contributed by atoms with E-state index in [2.05, 4.69) is 11.4 Å². The smallest absolute Gasteiger partial charge is 0.276 e. The number of sulfonamides is 1. The van der Waals surface area contributed by atoms with E-state index < -0.39 is 15.6 Å². The first-order chi connectivity index (χ1) is 13.4. The Balaban J connectivity index is 1.49. The molecule has 2 aliphatic rings. The highest BCUT2D eigenvalue weighted by atomic mass is 32.2. The summed E-state index contributed by atoms with van der Waals surface area (Å²) in [7, 11) is -3.47. The minimum absolute atomic E-state index is 0.126. The number of nitriles is 1. The van der Waals surface area contributed by atoms with Crippen LogP contribution < -0.4 is 10.2 Å². The molecule has 0 aromatic heterocycles. The number of benzene rings is 1. The number of piperazine rings is 1. The Bertz CT molecular complexity index is 847. The van der Waals surface area contributed by atoms with Gasteiger partial charge in [0.1, 0.15) is 5.54 Å². The summed E-state index contributed by atoms with van der Waals surface area (Å²) in [6.45, 7) is 2.19. The van der Waals surface area contributed by atoms with Crippen molar-refractivity contribution in [3.8, 4) is 6.07 Å². The Morgan fingerprint density at radius 1 is 1.21 bits per heavy atom. The van der Waals surface area contributed by atoms with Gasteiger partial charge in [0.05, 0.1) is 32.2 Å². The topological polar surface area (TPSA) is 94.7 Å². The van der Waals surface area contributed by atoms with Gasteiger partial charge in [0.25, 0.3) is 5.91 Å². The van der Waals surface area contributed by atoms with Crippen molar-refractivity contribution >= 4 is 22.0 Å². The van der Waals surface area contributed by atoms with Crippen LogP contribution in [0, 0.1) is 11.3 Å². The quantitative estimate of drug-likeness (QED) is 0.706. The molecule has 1 aromatic carbocycles. The molecule has 1 heterocycles. The van der Waals surface area contributed by atoms with Gasteiger partial charge in [-0.05, 0) is 37.3 Å². The summed E-state index contributed by atoms with van der Waals surface area (Å²) in [5, 5.41) is 13.5. The number of hydrogen-bond donors (Lipinski definition) is 2. The average molecular weight is 404 g/mol. The van der Waals surface area contributed by atoms with E-state index in [4.69, 9.17) is 0 Å². The van der Waals surface area contributed by atoms with Crippen LogP contribution in [0.15, 0.2) is 35.7 Å². The Kier molecular flexibility index (Phi) is 6.50. The number of nitrogens with zero attached hydrogens (tertiary/aromatic N) is 2. The van der Waals surface area contributed by atoms with E-state index in [9.17, 15) is 18.5 Å². The molecule has 8 heteroatoms. The van der Waals surface area contributed by atoms with E-state index in [-0.39, 0.29) is 12.5 Å². The van der Waals surface area contributed by atoms with Gasteiger partial charge in [-0.1, -0.05) is 30.3 Å². The van der Waals surface area contributed by atoms with Crippen LogP contribution in [0.1, 0.15) is 31.2 Å². The number of hydrogen-bond acceptors (Lipinski definition) is 4. The van der Waals surface area contributed by atoms with Gasteiger partial charge in [0, 0.05) is 5.41 Å². The van der Waals surface area contributed by atoms with E-state index in [0.29, 0.717) is 39.0 Å². The van der Waals surface area contributed by atoms with Crippen molar-refractivity contribution in [3.05, 3.63) is 41.3 Å². The maximum absolute atomic E-state index is 12.5. The first kappa shape index (κ1) is 20.5. The molecular formula is C20H27N4O3S+. The Labute approximate surface area is 166 Å². The Morgan fingerprint density at radius 2 is 1.86 bits per heavy atom. The first-order valence-electron chi connectivity index (χ1n) is 9.72. The van der Waals surface area contributed by atoms with Crippen molar-refractivity contribution in [2.45, 2.75) is 31.2 Å². The molecule has 1 amide bonds. The maximum Gasteiger partial charge on any atom is 0.276 e. The molecule has 3 rings (SSSR count). The zero-order chi connectivity index (χ0) is 20.0. The highest BCUT2D eigenvalue weighted by Crippen LogP contribution is 2.28. The summed E-state index contributed by atoms with van der Waals surface area (Å²) in [5.74, 6) is -0.126. The van der Waals surface area contributed by atoms with Gasteiger partial charge in [-0.3, -0.25) is 4.79 Å². The number of carbonyl (C=O) groups excluding carboxylic acids is 1. The third-order valence-corrected chi connectivity index (χ3v) is 7.05. The Hall–Kier alpha value is -2.21. The predicted molar refractivity (Wildman–Crippen MR) is 106 cm³/mol. The lowest BCUT2D eigenvalue weighted by atomic mass is 10.00. The summed E-state index contributed by atoms with van der Waals surface area (Å²) < 4.78 is 26.5. The van der Waals surface area contributed by atoms with E-state index in [1.807, 2.05) is 30.3 Å². The molecule has 150 valence electrons. The minimum atomic E-state index is -3.47. The molecule has 1 aromatic rings.